The number of aliphatic hydroxyl groups excluding tert-OH is 1. The van der Waals surface area contributed by atoms with Crippen molar-refractivity contribution in [3.05, 3.63) is 35.5 Å². The largest absolute Gasteiger partial charge is 0.454 e. The summed E-state index contributed by atoms with van der Waals surface area (Å²) >= 11 is 0. The van der Waals surface area contributed by atoms with Crippen LogP contribution in [0.25, 0.3) is 0 Å². The van der Waals surface area contributed by atoms with Gasteiger partial charge in [-0.05, 0) is 31.4 Å². The summed E-state index contributed by atoms with van der Waals surface area (Å²) in [6, 6.07) is 0. The van der Waals surface area contributed by atoms with Crippen LogP contribution in [0, 0.1) is 5.41 Å². The number of carbonyl (C=O) groups is 1. The molecule has 1 aliphatic carbocycles. The minimum atomic E-state index is -0.554. The van der Waals surface area contributed by atoms with Gasteiger partial charge in [0.1, 0.15) is 6.10 Å². The van der Waals surface area contributed by atoms with Crippen LogP contribution in [0.5, 0.6) is 0 Å². The van der Waals surface area contributed by atoms with Crippen molar-refractivity contribution in [3.63, 3.8) is 0 Å². The summed E-state index contributed by atoms with van der Waals surface area (Å²) in [5.41, 5.74) is 1.37. The summed E-state index contributed by atoms with van der Waals surface area (Å²) in [4.78, 5) is 11.7. The summed E-state index contributed by atoms with van der Waals surface area (Å²) < 4.78 is 5.39. The van der Waals surface area contributed by atoms with E-state index in [-0.39, 0.29) is 17.5 Å². The van der Waals surface area contributed by atoms with Gasteiger partial charge in [-0.3, -0.25) is 0 Å². The average Bonchev–Trinajstić information content (AvgIpc) is 2.67. The molecule has 3 nitrogen and oxygen atoms in total. The van der Waals surface area contributed by atoms with Crippen LogP contribution in [0.4, 0.5) is 0 Å². The molecule has 0 saturated carbocycles. The molecule has 0 spiro atoms. The average molecular weight is 248 g/mol. The van der Waals surface area contributed by atoms with Crippen molar-refractivity contribution in [2.45, 2.75) is 45.8 Å². The highest BCUT2D eigenvalue weighted by molar-refractivity contribution is 5.91. The molecular weight excluding hydrogens is 228 g/mol. The van der Waals surface area contributed by atoms with Crippen molar-refractivity contribution < 1.29 is 14.6 Å². The molecule has 1 heterocycles. The van der Waals surface area contributed by atoms with Crippen molar-refractivity contribution in [3.8, 4) is 0 Å². The van der Waals surface area contributed by atoms with Crippen LogP contribution in [-0.2, 0) is 9.53 Å². The van der Waals surface area contributed by atoms with Gasteiger partial charge in [-0.15, -0.1) is 0 Å². The van der Waals surface area contributed by atoms with Gasteiger partial charge >= 0.3 is 5.97 Å². The number of carbonyl (C=O) groups excluding carboxylic acids is 1. The monoisotopic (exact) mass is 248 g/mol. The third-order valence-corrected chi connectivity index (χ3v) is 3.64. The normalized spacial score (nSPS) is 31.2. The zero-order chi connectivity index (χ0) is 13.3. The Morgan fingerprint density at radius 3 is 2.89 bits per heavy atom. The van der Waals surface area contributed by atoms with Gasteiger partial charge in [0.2, 0.25) is 0 Å². The first-order chi connectivity index (χ1) is 8.40. The molecule has 2 bridgehead atoms. The topological polar surface area (TPSA) is 46.5 Å². The van der Waals surface area contributed by atoms with Crippen LogP contribution >= 0.6 is 0 Å². The van der Waals surface area contributed by atoms with E-state index in [1.54, 1.807) is 6.08 Å². The third-order valence-electron chi connectivity index (χ3n) is 3.64. The van der Waals surface area contributed by atoms with Gasteiger partial charge in [-0.25, -0.2) is 4.79 Å². The highest BCUT2D eigenvalue weighted by Gasteiger charge is 2.35. The number of ether oxygens (including phenoxy) is 1. The first-order valence-corrected chi connectivity index (χ1v) is 6.36. The lowest BCUT2D eigenvalue weighted by Crippen LogP contribution is -2.27. The first-order valence-electron chi connectivity index (χ1n) is 6.36. The molecular formula is C15H20O3. The number of fused-ring (bicyclic) bond motifs is 1. The van der Waals surface area contributed by atoms with E-state index in [9.17, 15) is 9.90 Å². The third kappa shape index (κ3) is 2.56. The second-order valence-electron chi connectivity index (χ2n) is 5.63. The molecule has 3 heteroatoms. The van der Waals surface area contributed by atoms with Gasteiger partial charge in [0.05, 0.1) is 6.10 Å². The molecule has 0 saturated heterocycles. The maximum Gasteiger partial charge on any atom is 0.334 e. The lowest BCUT2D eigenvalue weighted by atomic mass is 9.85. The van der Waals surface area contributed by atoms with Crippen LogP contribution in [0.3, 0.4) is 0 Å². The van der Waals surface area contributed by atoms with Crippen LogP contribution in [0.1, 0.15) is 33.6 Å². The van der Waals surface area contributed by atoms with Crippen LogP contribution in [-0.4, -0.2) is 23.3 Å². The fourth-order valence-corrected chi connectivity index (χ4v) is 2.19. The smallest absolute Gasteiger partial charge is 0.334 e. The number of aliphatic hydroxyl groups is 1. The Balaban J connectivity index is 2.34. The van der Waals surface area contributed by atoms with Gasteiger partial charge in [0, 0.05) is 11.0 Å². The Kier molecular flexibility index (Phi) is 3.44. The van der Waals surface area contributed by atoms with E-state index in [2.05, 4.69) is 0 Å². The fourth-order valence-electron chi connectivity index (χ4n) is 2.19. The minimum absolute atomic E-state index is 0.200. The van der Waals surface area contributed by atoms with E-state index < -0.39 is 6.10 Å². The number of hydrogen-bond donors (Lipinski definition) is 1. The van der Waals surface area contributed by atoms with Crippen LogP contribution < -0.4 is 0 Å². The first kappa shape index (κ1) is 13.1. The highest BCUT2D eigenvalue weighted by atomic mass is 16.5. The molecule has 0 amide bonds. The minimum Gasteiger partial charge on any atom is -0.454 e. The maximum atomic E-state index is 11.7. The fraction of sp³-hybridized carbons (Fsp3) is 0.533. The predicted octanol–water partition coefficient (Wildman–Crippen LogP) is 2.52. The Labute approximate surface area is 108 Å². The molecule has 0 fully saturated rings. The second kappa shape index (κ2) is 4.73. The van der Waals surface area contributed by atoms with E-state index in [4.69, 9.17) is 4.74 Å². The van der Waals surface area contributed by atoms with Crippen molar-refractivity contribution >= 4 is 5.97 Å². The summed E-state index contributed by atoms with van der Waals surface area (Å²) in [7, 11) is 0. The SMILES string of the molecule is CC1=CCCC2=CC(OC2=O)C(C)(C)C=CC1O. The van der Waals surface area contributed by atoms with Gasteiger partial charge in [-0.2, -0.15) is 0 Å². The van der Waals surface area contributed by atoms with Crippen molar-refractivity contribution in [2.75, 3.05) is 0 Å². The second-order valence-corrected chi connectivity index (χ2v) is 5.63. The Morgan fingerprint density at radius 1 is 1.44 bits per heavy atom. The van der Waals surface area contributed by atoms with E-state index in [0.717, 1.165) is 17.6 Å². The van der Waals surface area contributed by atoms with Crippen LogP contribution in [0.2, 0.25) is 0 Å². The lowest BCUT2D eigenvalue weighted by Gasteiger charge is -2.26. The number of hydrogen-bond acceptors (Lipinski definition) is 3. The summed E-state index contributed by atoms with van der Waals surface area (Å²) in [6.45, 7) is 5.92. The molecule has 2 atom stereocenters. The summed E-state index contributed by atoms with van der Waals surface area (Å²) in [5, 5.41) is 9.97. The standard InChI is InChI=1S/C15H20O3/c1-10-5-4-6-11-9-13(18-14(11)17)15(2,3)8-7-12(10)16/h5,7-9,12-13,16H,4,6H2,1-3H3. The quantitative estimate of drug-likeness (QED) is 0.529. The number of esters is 1. The molecule has 18 heavy (non-hydrogen) atoms. The number of allylic oxidation sites excluding steroid dienone is 1. The molecule has 2 aliphatic rings. The predicted molar refractivity (Wildman–Crippen MR) is 69.9 cm³/mol. The molecule has 0 radical (unpaired) electrons. The molecule has 0 aromatic carbocycles. The molecule has 98 valence electrons. The molecule has 1 N–H and O–H groups in total. The van der Waals surface area contributed by atoms with Crippen LogP contribution in [0.15, 0.2) is 35.5 Å². The van der Waals surface area contributed by atoms with E-state index in [0.29, 0.717) is 6.42 Å². The summed E-state index contributed by atoms with van der Waals surface area (Å²) in [6.07, 6.45) is 8.25. The molecule has 2 rings (SSSR count). The van der Waals surface area contributed by atoms with E-state index in [1.165, 1.54) is 0 Å². The number of rotatable bonds is 0. The van der Waals surface area contributed by atoms with E-state index in [1.807, 2.05) is 39.0 Å². The van der Waals surface area contributed by atoms with Gasteiger partial charge < -0.3 is 9.84 Å². The zero-order valence-corrected chi connectivity index (χ0v) is 11.1. The lowest BCUT2D eigenvalue weighted by molar-refractivity contribution is -0.142. The maximum absolute atomic E-state index is 11.7. The van der Waals surface area contributed by atoms with Gasteiger partial charge in [0.15, 0.2) is 0 Å². The van der Waals surface area contributed by atoms with E-state index >= 15 is 0 Å². The zero-order valence-electron chi connectivity index (χ0n) is 11.1. The Hall–Kier alpha value is -1.35. The van der Waals surface area contributed by atoms with Gasteiger partial charge in [-0.1, -0.05) is 32.1 Å². The highest BCUT2D eigenvalue weighted by Crippen LogP contribution is 2.33. The van der Waals surface area contributed by atoms with Gasteiger partial charge in [0.25, 0.3) is 0 Å². The molecule has 0 aromatic heterocycles. The van der Waals surface area contributed by atoms with Crippen molar-refractivity contribution in [1.82, 2.24) is 0 Å². The molecule has 2 unspecified atom stereocenters. The van der Waals surface area contributed by atoms with Crippen molar-refractivity contribution in [1.29, 1.82) is 0 Å². The summed E-state index contributed by atoms with van der Waals surface area (Å²) in [5.74, 6) is -0.200. The molecule has 1 aliphatic heterocycles. The Morgan fingerprint density at radius 2 is 2.17 bits per heavy atom. The molecule has 0 aromatic rings. The Bertz CT molecular complexity index is 441. The van der Waals surface area contributed by atoms with Crippen molar-refractivity contribution in [2.24, 2.45) is 5.41 Å².